The largest absolute Gasteiger partial charge is 0.493 e. The van der Waals surface area contributed by atoms with Gasteiger partial charge in [-0.3, -0.25) is 4.98 Å². The van der Waals surface area contributed by atoms with Gasteiger partial charge in [0.1, 0.15) is 12.4 Å². The number of pyridine rings is 1. The molecule has 1 aromatic heterocycles. The summed E-state index contributed by atoms with van der Waals surface area (Å²) in [6, 6.07) is 9.05. The number of ether oxygens (including phenoxy) is 3. The van der Waals surface area contributed by atoms with Gasteiger partial charge in [0, 0.05) is 18.0 Å². The molecule has 0 atom stereocenters. The molecule has 0 fully saturated rings. The molecule has 0 bridgehead atoms. The highest BCUT2D eigenvalue weighted by atomic mass is 127. The molecule has 0 aliphatic heterocycles. The first kappa shape index (κ1) is 19.8. The summed E-state index contributed by atoms with van der Waals surface area (Å²) in [5.41, 5.74) is 6.61. The average molecular weight is 444 g/mol. The van der Waals surface area contributed by atoms with Crippen LogP contribution in [-0.4, -0.2) is 38.3 Å². The molecule has 130 valence electrons. The number of anilines is 1. The maximum Gasteiger partial charge on any atom is 0.193 e. The van der Waals surface area contributed by atoms with Crippen LogP contribution >= 0.6 is 24.0 Å². The number of nitrogens with zero attached hydrogens (tertiary/aromatic N) is 2. The highest BCUT2D eigenvalue weighted by Crippen LogP contribution is 2.29. The van der Waals surface area contributed by atoms with Crippen molar-refractivity contribution in [3.63, 3.8) is 0 Å². The lowest BCUT2D eigenvalue weighted by Gasteiger charge is -2.11. The van der Waals surface area contributed by atoms with Crippen molar-refractivity contribution in [1.29, 1.82) is 0 Å². The van der Waals surface area contributed by atoms with E-state index in [2.05, 4.69) is 15.3 Å². The standard InChI is InChI=1S/C16H20N4O3.HI/c1-21-14-6-5-12(10-15(14)22-2)20-16(17)19-8-9-23-13-4-3-7-18-11-13;/h3-7,10-11H,8-9H2,1-2H3,(H3,17,19,20);1H. The number of halogens is 1. The van der Waals surface area contributed by atoms with E-state index in [4.69, 9.17) is 19.9 Å². The number of aliphatic imine (C=N–C) groups is 1. The third-order valence-electron chi connectivity index (χ3n) is 2.93. The van der Waals surface area contributed by atoms with Crippen molar-refractivity contribution in [2.75, 3.05) is 32.7 Å². The van der Waals surface area contributed by atoms with E-state index in [-0.39, 0.29) is 24.0 Å². The lowest BCUT2D eigenvalue weighted by atomic mass is 10.3. The molecule has 24 heavy (non-hydrogen) atoms. The molecule has 0 radical (unpaired) electrons. The Bertz CT molecular complexity index is 653. The fourth-order valence-electron chi connectivity index (χ4n) is 1.86. The molecule has 0 unspecified atom stereocenters. The first-order valence-electron chi connectivity index (χ1n) is 7.04. The molecule has 8 heteroatoms. The lowest BCUT2D eigenvalue weighted by molar-refractivity contribution is 0.327. The second-order valence-electron chi connectivity index (χ2n) is 4.50. The summed E-state index contributed by atoms with van der Waals surface area (Å²) in [4.78, 5) is 8.16. The molecule has 0 aliphatic rings. The maximum atomic E-state index is 5.85. The molecular formula is C16H21IN4O3. The Labute approximate surface area is 158 Å². The van der Waals surface area contributed by atoms with E-state index in [9.17, 15) is 0 Å². The fraction of sp³-hybridized carbons (Fsp3) is 0.250. The quantitative estimate of drug-likeness (QED) is 0.295. The average Bonchev–Trinajstić information content (AvgIpc) is 2.59. The van der Waals surface area contributed by atoms with Crippen molar-refractivity contribution in [3.05, 3.63) is 42.7 Å². The highest BCUT2D eigenvalue weighted by molar-refractivity contribution is 14.0. The van der Waals surface area contributed by atoms with Gasteiger partial charge in [0.15, 0.2) is 17.5 Å². The number of benzene rings is 1. The Morgan fingerprint density at radius 3 is 2.67 bits per heavy atom. The molecule has 0 saturated heterocycles. The lowest BCUT2D eigenvalue weighted by Crippen LogP contribution is -2.23. The Morgan fingerprint density at radius 2 is 2.00 bits per heavy atom. The fourth-order valence-corrected chi connectivity index (χ4v) is 1.86. The van der Waals surface area contributed by atoms with Crippen LogP contribution in [0.3, 0.4) is 0 Å². The van der Waals surface area contributed by atoms with Gasteiger partial charge >= 0.3 is 0 Å². The summed E-state index contributed by atoms with van der Waals surface area (Å²) in [6.07, 6.45) is 3.34. The Hall–Kier alpha value is -2.23. The number of nitrogens with one attached hydrogen (secondary N) is 1. The summed E-state index contributed by atoms with van der Waals surface area (Å²) < 4.78 is 15.9. The number of hydrogen-bond donors (Lipinski definition) is 2. The number of aromatic nitrogens is 1. The molecule has 7 nitrogen and oxygen atoms in total. The van der Waals surface area contributed by atoms with Crippen LogP contribution in [0.2, 0.25) is 0 Å². The van der Waals surface area contributed by atoms with Gasteiger partial charge in [0.2, 0.25) is 0 Å². The second-order valence-corrected chi connectivity index (χ2v) is 4.50. The molecular weight excluding hydrogens is 423 g/mol. The molecule has 0 spiro atoms. The first-order chi connectivity index (χ1) is 11.2. The van der Waals surface area contributed by atoms with Crippen LogP contribution in [0.4, 0.5) is 5.69 Å². The predicted octanol–water partition coefficient (Wildman–Crippen LogP) is 2.52. The van der Waals surface area contributed by atoms with Crippen LogP contribution in [0, 0.1) is 0 Å². The van der Waals surface area contributed by atoms with E-state index in [1.807, 2.05) is 18.2 Å². The predicted molar refractivity (Wildman–Crippen MR) is 105 cm³/mol. The van der Waals surface area contributed by atoms with E-state index < -0.39 is 0 Å². The van der Waals surface area contributed by atoms with Gasteiger partial charge in [0.25, 0.3) is 0 Å². The minimum atomic E-state index is 0. The van der Waals surface area contributed by atoms with Crippen molar-refractivity contribution in [2.45, 2.75) is 0 Å². The van der Waals surface area contributed by atoms with Gasteiger partial charge in [-0.05, 0) is 24.3 Å². The van der Waals surface area contributed by atoms with Crippen LogP contribution in [0.15, 0.2) is 47.7 Å². The third kappa shape index (κ3) is 6.11. The summed E-state index contributed by atoms with van der Waals surface area (Å²) in [6.45, 7) is 0.848. The van der Waals surface area contributed by atoms with Crippen LogP contribution in [0.25, 0.3) is 0 Å². The molecule has 0 aliphatic carbocycles. The number of methoxy groups -OCH3 is 2. The number of guanidine groups is 1. The van der Waals surface area contributed by atoms with Gasteiger partial charge < -0.3 is 25.3 Å². The Morgan fingerprint density at radius 1 is 1.21 bits per heavy atom. The summed E-state index contributed by atoms with van der Waals surface area (Å²) in [7, 11) is 3.16. The smallest absolute Gasteiger partial charge is 0.193 e. The molecule has 1 aromatic carbocycles. The van der Waals surface area contributed by atoms with E-state index in [0.717, 1.165) is 5.69 Å². The zero-order valence-electron chi connectivity index (χ0n) is 13.6. The van der Waals surface area contributed by atoms with Crippen LogP contribution in [-0.2, 0) is 0 Å². The topological polar surface area (TPSA) is 91.0 Å². The monoisotopic (exact) mass is 444 g/mol. The van der Waals surface area contributed by atoms with E-state index >= 15 is 0 Å². The van der Waals surface area contributed by atoms with Crippen molar-refractivity contribution in [2.24, 2.45) is 10.7 Å². The normalized spacial score (nSPS) is 10.5. The zero-order chi connectivity index (χ0) is 16.5. The number of rotatable bonds is 7. The second kappa shape index (κ2) is 10.5. The van der Waals surface area contributed by atoms with Gasteiger partial charge in [-0.1, -0.05) is 0 Å². The van der Waals surface area contributed by atoms with Crippen LogP contribution in [0.5, 0.6) is 17.2 Å². The van der Waals surface area contributed by atoms with E-state index in [1.54, 1.807) is 38.7 Å². The SMILES string of the molecule is COc1ccc(NC(N)=NCCOc2cccnc2)cc1OC.I. The van der Waals surface area contributed by atoms with Crippen LogP contribution < -0.4 is 25.3 Å². The summed E-state index contributed by atoms with van der Waals surface area (Å²) in [5, 5.41) is 2.99. The van der Waals surface area contributed by atoms with Gasteiger partial charge in [-0.25, -0.2) is 4.99 Å². The first-order valence-corrected chi connectivity index (χ1v) is 7.04. The highest BCUT2D eigenvalue weighted by Gasteiger charge is 2.04. The minimum absolute atomic E-state index is 0. The minimum Gasteiger partial charge on any atom is -0.493 e. The van der Waals surface area contributed by atoms with E-state index in [1.165, 1.54) is 0 Å². The van der Waals surface area contributed by atoms with Crippen LogP contribution in [0.1, 0.15) is 0 Å². The van der Waals surface area contributed by atoms with Crippen molar-refractivity contribution in [1.82, 2.24) is 4.98 Å². The molecule has 2 aromatic rings. The van der Waals surface area contributed by atoms with Crippen molar-refractivity contribution < 1.29 is 14.2 Å². The summed E-state index contributed by atoms with van der Waals surface area (Å²) in [5.74, 6) is 2.27. The van der Waals surface area contributed by atoms with E-state index in [0.29, 0.717) is 36.4 Å². The van der Waals surface area contributed by atoms with Gasteiger partial charge in [-0.15, -0.1) is 24.0 Å². The summed E-state index contributed by atoms with van der Waals surface area (Å²) >= 11 is 0. The van der Waals surface area contributed by atoms with Gasteiger partial charge in [0.05, 0.1) is 27.0 Å². The van der Waals surface area contributed by atoms with Crippen molar-refractivity contribution >= 4 is 35.6 Å². The number of nitrogens with two attached hydrogens (primary N) is 1. The maximum absolute atomic E-state index is 5.85. The molecule has 0 saturated carbocycles. The molecule has 3 N–H and O–H groups in total. The third-order valence-corrected chi connectivity index (χ3v) is 2.93. The molecule has 0 amide bonds. The molecule has 1 heterocycles. The van der Waals surface area contributed by atoms with Crippen molar-refractivity contribution in [3.8, 4) is 17.2 Å². The Balaban J connectivity index is 0.00000288. The number of hydrogen-bond acceptors (Lipinski definition) is 5. The zero-order valence-corrected chi connectivity index (χ0v) is 15.9. The molecule has 2 rings (SSSR count). The van der Waals surface area contributed by atoms with Gasteiger partial charge in [-0.2, -0.15) is 0 Å². The Kier molecular flexibility index (Phi) is 8.69.